The Kier molecular flexibility index (Phi) is 7.63. The molecular formula is C14H22ClNO3. The van der Waals surface area contributed by atoms with E-state index >= 15 is 0 Å². The number of aliphatic hydroxyl groups is 1. The van der Waals surface area contributed by atoms with Crippen LogP contribution in [-0.4, -0.2) is 32.0 Å². The molecule has 0 aliphatic heterocycles. The molecule has 0 fully saturated rings. The van der Waals surface area contributed by atoms with Gasteiger partial charge in [0.05, 0.1) is 13.7 Å². The van der Waals surface area contributed by atoms with Gasteiger partial charge in [0.15, 0.2) is 11.5 Å². The van der Waals surface area contributed by atoms with Gasteiger partial charge in [-0.2, -0.15) is 0 Å². The van der Waals surface area contributed by atoms with Crippen molar-refractivity contribution in [2.24, 2.45) is 0 Å². The van der Waals surface area contributed by atoms with E-state index in [0.717, 1.165) is 30.7 Å². The maximum absolute atomic E-state index is 8.76. The maximum Gasteiger partial charge on any atom is 0.165 e. The molecule has 0 saturated heterocycles. The molecule has 108 valence electrons. The number of hydrogen-bond acceptors (Lipinski definition) is 4. The van der Waals surface area contributed by atoms with Crippen molar-refractivity contribution in [2.75, 3.05) is 26.9 Å². The van der Waals surface area contributed by atoms with E-state index in [0.29, 0.717) is 23.9 Å². The molecule has 1 aromatic carbocycles. The lowest BCUT2D eigenvalue weighted by atomic mass is 10.1. The molecule has 0 radical (unpaired) electrons. The summed E-state index contributed by atoms with van der Waals surface area (Å²) in [5.74, 6) is 1.37. The second-order valence-corrected chi connectivity index (χ2v) is 4.59. The summed E-state index contributed by atoms with van der Waals surface area (Å²) in [4.78, 5) is 0. The number of aliphatic hydroxyl groups excluding tert-OH is 1. The summed E-state index contributed by atoms with van der Waals surface area (Å²) < 4.78 is 11.1. The average molecular weight is 288 g/mol. The second kappa shape index (κ2) is 9.02. The van der Waals surface area contributed by atoms with Crippen LogP contribution in [0.2, 0.25) is 5.02 Å². The zero-order valence-corrected chi connectivity index (χ0v) is 12.3. The Morgan fingerprint density at radius 2 is 2.11 bits per heavy atom. The molecule has 2 N–H and O–H groups in total. The minimum Gasteiger partial charge on any atom is -0.493 e. The van der Waals surface area contributed by atoms with Gasteiger partial charge in [-0.15, -0.1) is 0 Å². The van der Waals surface area contributed by atoms with Gasteiger partial charge in [-0.25, -0.2) is 0 Å². The van der Waals surface area contributed by atoms with E-state index in [-0.39, 0.29) is 6.61 Å². The Balaban J connectivity index is 2.82. The van der Waals surface area contributed by atoms with Crippen molar-refractivity contribution in [2.45, 2.75) is 26.3 Å². The van der Waals surface area contributed by atoms with Gasteiger partial charge in [-0.1, -0.05) is 18.5 Å². The summed E-state index contributed by atoms with van der Waals surface area (Å²) in [5.41, 5.74) is 0.982. The van der Waals surface area contributed by atoms with Crippen LogP contribution in [0.4, 0.5) is 0 Å². The van der Waals surface area contributed by atoms with E-state index in [4.69, 9.17) is 26.2 Å². The molecular weight excluding hydrogens is 266 g/mol. The minimum atomic E-state index is 0.186. The van der Waals surface area contributed by atoms with Crippen molar-refractivity contribution < 1.29 is 14.6 Å². The largest absolute Gasteiger partial charge is 0.493 e. The van der Waals surface area contributed by atoms with Crippen molar-refractivity contribution in [1.29, 1.82) is 0 Å². The number of benzene rings is 1. The van der Waals surface area contributed by atoms with Crippen LogP contribution in [0.5, 0.6) is 11.5 Å². The Bertz CT molecular complexity index is 385. The number of halogens is 1. The van der Waals surface area contributed by atoms with Crippen molar-refractivity contribution >= 4 is 11.6 Å². The normalized spacial score (nSPS) is 10.5. The molecule has 0 bridgehead atoms. The van der Waals surface area contributed by atoms with Gasteiger partial charge in [0.25, 0.3) is 0 Å². The fourth-order valence-corrected chi connectivity index (χ4v) is 1.95. The highest BCUT2D eigenvalue weighted by atomic mass is 35.5. The summed E-state index contributed by atoms with van der Waals surface area (Å²) >= 11 is 6.07. The summed E-state index contributed by atoms with van der Waals surface area (Å²) in [5, 5.41) is 12.6. The van der Waals surface area contributed by atoms with Crippen LogP contribution in [0, 0.1) is 0 Å². The maximum atomic E-state index is 8.76. The van der Waals surface area contributed by atoms with E-state index in [9.17, 15) is 0 Å². The molecule has 1 aromatic rings. The van der Waals surface area contributed by atoms with Gasteiger partial charge in [0.2, 0.25) is 0 Å². The first-order valence-electron chi connectivity index (χ1n) is 6.53. The van der Waals surface area contributed by atoms with Crippen molar-refractivity contribution in [1.82, 2.24) is 5.32 Å². The molecule has 0 unspecified atom stereocenters. The standard InChI is InChI=1S/C14H22ClNO3/c1-3-16-10-11-8-12(15)9-13(18-2)14(11)19-7-5-4-6-17/h8-9,16-17H,3-7,10H2,1-2H3. The molecule has 0 heterocycles. The van der Waals surface area contributed by atoms with Crippen molar-refractivity contribution in [3.8, 4) is 11.5 Å². The number of unbranched alkanes of at least 4 members (excludes halogenated alkanes) is 1. The molecule has 19 heavy (non-hydrogen) atoms. The van der Waals surface area contributed by atoms with Gasteiger partial charge in [-0.3, -0.25) is 0 Å². The summed E-state index contributed by atoms with van der Waals surface area (Å²) in [6, 6.07) is 3.63. The predicted molar refractivity (Wildman–Crippen MR) is 77.2 cm³/mol. The fraction of sp³-hybridized carbons (Fsp3) is 0.571. The highest BCUT2D eigenvalue weighted by Crippen LogP contribution is 2.34. The molecule has 1 rings (SSSR count). The molecule has 0 aliphatic rings. The third kappa shape index (κ3) is 5.27. The second-order valence-electron chi connectivity index (χ2n) is 4.16. The summed E-state index contributed by atoms with van der Waals surface area (Å²) in [7, 11) is 1.60. The Morgan fingerprint density at radius 1 is 1.32 bits per heavy atom. The summed E-state index contributed by atoms with van der Waals surface area (Å²) in [6.45, 7) is 4.34. The Labute approximate surface area is 119 Å². The van der Waals surface area contributed by atoms with Crippen molar-refractivity contribution in [3.05, 3.63) is 22.7 Å². The monoisotopic (exact) mass is 287 g/mol. The van der Waals surface area contributed by atoms with Gasteiger partial charge in [0, 0.05) is 29.8 Å². The van der Waals surface area contributed by atoms with Gasteiger partial charge < -0.3 is 19.9 Å². The van der Waals surface area contributed by atoms with Crippen LogP contribution >= 0.6 is 11.6 Å². The Morgan fingerprint density at radius 3 is 2.74 bits per heavy atom. The highest BCUT2D eigenvalue weighted by molar-refractivity contribution is 6.30. The number of methoxy groups -OCH3 is 1. The SMILES string of the molecule is CCNCc1cc(Cl)cc(OC)c1OCCCCO. The zero-order chi connectivity index (χ0) is 14.1. The molecule has 5 heteroatoms. The van der Waals surface area contributed by atoms with Gasteiger partial charge >= 0.3 is 0 Å². The first-order valence-corrected chi connectivity index (χ1v) is 6.91. The molecule has 0 aliphatic carbocycles. The quantitative estimate of drug-likeness (QED) is 0.686. The molecule has 0 aromatic heterocycles. The smallest absolute Gasteiger partial charge is 0.165 e. The zero-order valence-electron chi connectivity index (χ0n) is 11.5. The van der Waals surface area contributed by atoms with Crippen LogP contribution in [0.1, 0.15) is 25.3 Å². The number of nitrogens with one attached hydrogen (secondary N) is 1. The summed E-state index contributed by atoms with van der Waals surface area (Å²) in [6.07, 6.45) is 1.54. The van der Waals surface area contributed by atoms with Crippen LogP contribution in [0.25, 0.3) is 0 Å². The Hall–Kier alpha value is -0.970. The van der Waals surface area contributed by atoms with E-state index in [1.54, 1.807) is 13.2 Å². The van der Waals surface area contributed by atoms with Crippen LogP contribution in [0.3, 0.4) is 0 Å². The van der Waals surface area contributed by atoms with Crippen LogP contribution < -0.4 is 14.8 Å². The number of hydrogen-bond donors (Lipinski definition) is 2. The third-order valence-corrected chi connectivity index (χ3v) is 2.90. The van der Waals surface area contributed by atoms with E-state index in [1.807, 2.05) is 13.0 Å². The molecule has 0 saturated carbocycles. The molecule has 0 atom stereocenters. The fourth-order valence-electron chi connectivity index (χ4n) is 1.72. The predicted octanol–water partition coefficient (Wildman–Crippen LogP) is 2.61. The van der Waals surface area contributed by atoms with E-state index in [1.165, 1.54) is 0 Å². The van der Waals surface area contributed by atoms with E-state index in [2.05, 4.69) is 5.32 Å². The lowest BCUT2D eigenvalue weighted by Gasteiger charge is -2.16. The van der Waals surface area contributed by atoms with Gasteiger partial charge in [-0.05, 0) is 25.5 Å². The number of ether oxygens (including phenoxy) is 2. The average Bonchev–Trinajstić information content (AvgIpc) is 2.42. The van der Waals surface area contributed by atoms with E-state index < -0.39 is 0 Å². The number of rotatable bonds is 9. The first-order chi connectivity index (χ1) is 9.22. The van der Waals surface area contributed by atoms with Crippen molar-refractivity contribution in [3.63, 3.8) is 0 Å². The van der Waals surface area contributed by atoms with Crippen LogP contribution in [-0.2, 0) is 6.54 Å². The first kappa shape index (κ1) is 16.1. The minimum absolute atomic E-state index is 0.186. The lowest BCUT2D eigenvalue weighted by molar-refractivity contribution is 0.246. The lowest BCUT2D eigenvalue weighted by Crippen LogP contribution is -2.13. The third-order valence-electron chi connectivity index (χ3n) is 2.68. The molecule has 0 amide bonds. The van der Waals surface area contributed by atoms with Gasteiger partial charge in [0.1, 0.15) is 0 Å². The molecule has 4 nitrogen and oxygen atoms in total. The highest BCUT2D eigenvalue weighted by Gasteiger charge is 2.12. The topological polar surface area (TPSA) is 50.7 Å². The molecule has 0 spiro atoms. The van der Waals surface area contributed by atoms with Crippen LogP contribution in [0.15, 0.2) is 12.1 Å².